The molecular formula is C11H5Cl2F3O3. The maximum Gasteiger partial charge on any atom is 0.430 e. The lowest BCUT2D eigenvalue weighted by atomic mass is 10.0. The van der Waals surface area contributed by atoms with Crippen LogP contribution >= 0.6 is 23.2 Å². The molecule has 0 saturated heterocycles. The molecule has 3 nitrogen and oxygen atoms in total. The van der Waals surface area contributed by atoms with Crippen LogP contribution in [0.5, 0.6) is 5.75 Å². The molecule has 1 aliphatic rings. The molecule has 0 radical (unpaired) electrons. The van der Waals surface area contributed by atoms with Gasteiger partial charge in [-0.3, -0.25) is 0 Å². The summed E-state index contributed by atoms with van der Waals surface area (Å²) in [5.74, 6) is -1.99. The number of carboxylic acids is 1. The minimum atomic E-state index is -4.87. The number of hydrogen-bond acceptors (Lipinski definition) is 2. The molecule has 0 amide bonds. The van der Waals surface area contributed by atoms with Crippen LogP contribution in [-0.2, 0) is 4.79 Å². The maximum absolute atomic E-state index is 12.8. The molecule has 0 bridgehead atoms. The Labute approximate surface area is 115 Å². The predicted molar refractivity (Wildman–Crippen MR) is 62.5 cm³/mol. The van der Waals surface area contributed by atoms with Crippen molar-refractivity contribution in [3.63, 3.8) is 0 Å². The first-order chi connectivity index (χ1) is 8.71. The molecule has 2 rings (SSSR count). The number of rotatable bonds is 1. The smallest absolute Gasteiger partial charge is 0.430 e. The monoisotopic (exact) mass is 312 g/mol. The summed E-state index contributed by atoms with van der Waals surface area (Å²) < 4.78 is 43.0. The molecule has 1 aromatic carbocycles. The van der Waals surface area contributed by atoms with Crippen LogP contribution in [0.25, 0.3) is 6.08 Å². The van der Waals surface area contributed by atoms with Crippen molar-refractivity contribution in [1.29, 1.82) is 0 Å². The van der Waals surface area contributed by atoms with Gasteiger partial charge < -0.3 is 9.84 Å². The van der Waals surface area contributed by atoms with Crippen molar-refractivity contribution >= 4 is 35.2 Å². The number of hydrogen-bond donors (Lipinski definition) is 1. The summed E-state index contributed by atoms with van der Waals surface area (Å²) in [5.41, 5.74) is -0.773. The van der Waals surface area contributed by atoms with Crippen LogP contribution in [0.4, 0.5) is 13.2 Å². The van der Waals surface area contributed by atoms with Crippen LogP contribution in [0.15, 0.2) is 17.7 Å². The maximum atomic E-state index is 12.8. The van der Waals surface area contributed by atoms with Crippen LogP contribution < -0.4 is 4.74 Å². The summed E-state index contributed by atoms with van der Waals surface area (Å²) in [6.07, 6.45) is -6.57. The van der Waals surface area contributed by atoms with E-state index in [1.807, 2.05) is 0 Å². The molecule has 0 aliphatic carbocycles. The Balaban J connectivity index is 2.61. The SMILES string of the molecule is O=C(O)C1=Cc2ccc(Cl)c(Cl)c2OC1C(F)(F)F. The van der Waals surface area contributed by atoms with Gasteiger partial charge in [-0.2, -0.15) is 13.2 Å². The highest BCUT2D eigenvalue weighted by atomic mass is 35.5. The molecular weight excluding hydrogens is 308 g/mol. The summed E-state index contributed by atoms with van der Waals surface area (Å²) >= 11 is 11.4. The van der Waals surface area contributed by atoms with E-state index in [0.29, 0.717) is 0 Å². The second-order valence-electron chi connectivity index (χ2n) is 3.72. The number of fused-ring (bicyclic) bond motifs is 1. The van der Waals surface area contributed by atoms with E-state index in [1.165, 1.54) is 12.1 Å². The molecule has 1 aromatic rings. The van der Waals surface area contributed by atoms with Gasteiger partial charge in [0.2, 0.25) is 6.10 Å². The van der Waals surface area contributed by atoms with Crippen molar-refractivity contribution in [2.75, 3.05) is 0 Å². The van der Waals surface area contributed by atoms with Gasteiger partial charge in [-0.05, 0) is 18.2 Å². The van der Waals surface area contributed by atoms with Gasteiger partial charge in [0.15, 0.2) is 0 Å². The molecule has 0 spiro atoms. The van der Waals surface area contributed by atoms with Crippen molar-refractivity contribution < 1.29 is 27.8 Å². The van der Waals surface area contributed by atoms with E-state index in [-0.39, 0.29) is 21.4 Å². The molecule has 102 valence electrons. The summed E-state index contributed by atoms with van der Waals surface area (Å²) in [5, 5.41) is 8.65. The van der Waals surface area contributed by atoms with E-state index in [2.05, 4.69) is 0 Å². The summed E-state index contributed by atoms with van der Waals surface area (Å²) in [6.45, 7) is 0. The summed E-state index contributed by atoms with van der Waals surface area (Å²) in [4.78, 5) is 10.9. The second-order valence-corrected chi connectivity index (χ2v) is 4.51. The van der Waals surface area contributed by atoms with E-state index >= 15 is 0 Å². The van der Waals surface area contributed by atoms with Crippen LogP contribution in [-0.4, -0.2) is 23.4 Å². The first kappa shape index (κ1) is 14.0. The highest BCUT2D eigenvalue weighted by Gasteiger charge is 2.48. The van der Waals surface area contributed by atoms with E-state index < -0.39 is 23.8 Å². The number of carboxylic acid groups (broad SMARTS) is 1. The fourth-order valence-electron chi connectivity index (χ4n) is 1.62. The van der Waals surface area contributed by atoms with E-state index in [9.17, 15) is 18.0 Å². The third-order valence-corrected chi connectivity index (χ3v) is 3.24. The Morgan fingerprint density at radius 1 is 1.32 bits per heavy atom. The quantitative estimate of drug-likeness (QED) is 0.858. The van der Waals surface area contributed by atoms with E-state index in [4.69, 9.17) is 33.0 Å². The van der Waals surface area contributed by atoms with Gasteiger partial charge in [0.25, 0.3) is 0 Å². The van der Waals surface area contributed by atoms with Gasteiger partial charge in [-0.25, -0.2) is 4.79 Å². The lowest BCUT2D eigenvalue weighted by molar-refractivity contribution is -0.187. The summed E-state index contributed by atoms with van der Waals surface area (Å²) in [6, 6.07) is 2.68. The number of alkyl halides is 3. The third-order valence-electron chi connectivity index (χ3n) is 2.45. The zero-order chi connectivity index (χ0) is 14.4. The van der Waals surface area contributed by atoms with Crippen LogP contribution in [0, 0.1) is 0 Å². The molecule has 1 atom stereocenters. The van der Waals surface area contributed by atoms with E-state index in [1.54, 1.807) is 0 Å². The largest absolute Gasteiger partial charge is 0.478 e. The van der Waals surface area contributed by atoms with Gasteiger partial charge in [0, 0.05) is 5.56 Å². The molecule has 0 saturated carbocycles. The van der Waals surface area contributed by atoms with Crippen molar-refractivity contribution in [1.82, 2.24) is 0 Å². The highest BCUT2D eigenvalue weighted by molar-refractivity contribution is 6.43. The zero-order valence-electron chi connectivity index (χ0n) is 8.96. The molecule has 8 heteroatoms. The Morgan fingerprint density at radius 2 is 1.95 bits per heavy atom. The minimum Gasteiger partial charge on any atom is -0.478 e. The van der Waals surface area contributed by atoms with Crippen molar-refractivity contribution in [2.45, 2.75) is 12.3 Å². The minimum absolute atomic E-state index is 0.0218. The third kappa shape index (κ3) is 2.50. The molecule has 0 fully saturated rings. The molecule has 1 heterocycles. The number of halogens is 5. The number of ether oxygens (including phenoxy) is 1. The zero-order valence-corrected chi connectivity index (χ0v) is 10.5. The summed E-state index contributed by atoms with van der Waals surface area (Å²) in [7, 11) is 0. The molecule has 1 unspecified atom stereocenters. The molecule has 19 heavy (non-hydrogen) atoms. The average molecular weight is 313 g/mol. The van der Waals surface area contributed by atoms with Gasteiger partial charge in [-0.1, -0.05) is 23.2 Å². The standard InChI is InChI=1S/C11H5Cl2F3O3/c12-6-2-1-4-3-5(10(17)18)9(11(14,15)16)19-8(4)7(6)13/h1-3,9H,(H,17,18). The van der Waals surface area contributed by atoms with Crippen molar-refractivity contribution in [2.24, 2.45) is 0 Å². The van der Waals surface area contributed by atoms with Gasteiger partial charge >= 0.3 is 12.1 Å². The fourth-order valence-corrected chi connectivity index (χ4v) is 1.99. The second kappa shape index (κ2) is 4.61. The lowest BCUT2D eigenvalue weighted by Gasteiger charge is -2.27. The Bertz CT molecular complexity index is 581. The number of aliphatic carboxylic acids is 1. The number of benzene rings is 1. The lowest BCUT2D eigenvalue weighted by Crippen LogP contribution is -2.40. The van der Waals surface area contributed by atoms with Crippen LogP contribution in [0.2, 0.25) is 10.0 Å². The van der Waals surface area contributed by atoms with Gasteiger partial charge in [0.1, 0.15) is 10.8 Å². The van der Waals surface area contributed by atoms with Crippen molar-refractivity contribution in [3.8, 4) is 5.75 Å². The van der Waals surface area contributed by atoms with E-state index in [0.717, 1.165) is 6.08 Å². The van der Waals surface area contributed by atoms with Crippen molar-refractivity contribution in [3.05, 3.63) is 33.3 Å². The fraction of sp³-hybridized carbons (Fsp3) is 0.182. The predicted octanol–water partition coefficient (Wildman–Crippen LogP) is 3.78. The molecule has 1 aliphatic heterocycles. The first-order valence-corrected chi connectivity index (χ1v) is 5.63. The Kier molecular flexibility index (Phi) is 3.40. The first-order valence-electron chi connectivity index (χ1n) is 4.88. The topological polar surface area (TPSA) is 46.5 Å². The van der Waals surface area contributed by atoms with Crippen LogP contribution in [0.1, 0.15) is 5.56 Å². The highest BCUT2D eigenvalue weighted by Crippen LogP contribution is 2.43. The van der Waals surface area contributed by atoms with Gasteiger partial charge in [-0.15, -0.1) is 0 Å². The average Bonchev–Trinajstić information content (AvgIpc) is 2.31. The normalized spacial score (nSPS) is 18.4. The van der Waals surface area contributed by atoms with Gasteiger partial charge in [0.05, 0.1) is 10.6 Å². The molecule has 1 N–H and O–H groups in total. The van der Waals surface area contributed by atoms with Crippen LogP contribution in [0.3, 0.4) is 0 Å². The molecule has 0 aromatic heterocycles. The Morgan fingerprint density at radius 3 is 2.47 bits per heavy atom. The Hall–Kier alpha value is -1.40. The number of carbonyl (C=O) groups is 1.